The molecule has 2 fully saturated rings. The predicted octanol–water partition coefficient (Wildman–Crippen LogP) is -2.09. The summed E-state index contributed by atoms with van der Waals surface area (Å²) in [6.07, 6.45) is -3.23. The third kappa shape index (κ3) is 1.14. The first-order valence-corrected chi connectivity index (χ1v) is 5.01. The van der Waals surface area contributed by atoms with Gasteiger partial charge in [0.2, 0.25) is 0 Å². The minimum Gasteiger partial charge on any atom is -0.391 e. The topological polar surface area (TPSA) is 84.2 Å². The van der Waals surface area contributed by atoms with Gasteiger partial charge in [-0.1, -0.05) is 6.92 Å². The van der Waals surface area contributed by atoms with Gasteiger partial charge in [0.1, 0.15) is 12.2 Å². The Morgan fingerprint density at radius 1 is 1.29 bits per heavy atom. The molecule has 5 atom stereocenters. The molecule has 14 heavy (non-hydrogen) atoms. The van der Waals surface area contributed by atoms with Crippen LogP contribution in [-0.2, 0) is 0 Å². The van der Waals surface area contributed by atoms with Crippen LogP contribution in [0.15, 0.2) is 0 Å². The second-order valence-corrected chi connectivity index (χ2v) is 4.25. The van der Waals surface area contributed by atoms with E-state index in [-0.39, 0.29) is 0 Å². The maximum Gasteiger partial charge on any atom is 0.109 e. The summed E-state index contributed by atoms with van der Waals surface area (Å²) in [6, 6.07) is 0. The molecule has 2 aliphatic rings. The number of hydrogen-bond donors (Lipinski definition) is 4. The molecule has 0 aromatic rings. The Kier molecular flexibility index (Phi) is 2.32. The fraction of sp³-hybridized carbons (Fsp3) is 1.00. The van der Waals surface area contributed by atoms with Crippen molar-refractivity contribution < 1.29 is 20.4 Å². The highest BCUT2D eigenvalue weighted by Gasteiger charge is 2.66. The van der Waals surface area contributed by atoms with Gasteiger partial charge < -0.3 is 20.4 Å². The lowest BCUT2D eigenvalue weighted by molar-refractivity contribution is -0.152. The number of piperidine rings is 1. The van der Waals surface area contributed by atoms with E-state index in [2.05, 4.69) is 0 Å². The first kappa shape index (κ1) is 10.3. The minimum atomic E-state index is -1.14. The van der Waals surface area contributed by atoms with E-state index in [1.54, 1.807) is 0 Å². The van der Waals surface area contributed by atoms with Crippen LogP contribution in [0.4, 0.5) is 0 Å². The van der Waals surface area contributed by atoms with Gasteiger partial charge in [-0.2, -0.15) is 0 Å². The summed E-state index contributed by atoms with van der Waals surface area (Å²) in [7, 11) is 0. The molecular formula is C9H17NO4. The van der Waals surface area contributed by atoms with E-state index in [1.807, 2.05) is 11.8 Å². The van der Waals surface area contributed by atoms with Crippen molar-refractivity contribution in [2.24, 2.45) is 0 Å². The maximum atomic E-state index is 9.80. The summed E-state index contributed by atoms with van der Waals surface area (Å²) in [4.78, 5) is 1.85. The smallest absolute Gasteiger partial charge is 0.109 e. The first-order chi connectivity index (χ1) is 6.54. The Hall–Kier alpha value is -0.200. The standard InChI is InChI=1S/C9H17NO4/c1-2-10-4-5(11)7(13)8(14)9(10)3-6(9)12/h5-8,11-14H,2-4H2,1H3/t5?,6?,7-,8+,9+/m1/s1. The summed E-state index contributed by atoms with van der Waals surface area (Å²) in [5, 5.41) is 38.3. The Labute approximate surface area is 82.6 Å². The molecule has 82 valence electrons. The highest BCUT2D eigenvalue weighted by Crippen LogP contribution is 2.48. The fourth-order valence-corrected chi connectivity index (χ4v) is 2.53. The first-order valence-electron chi connectivity index (χ1n) is 5.01. The molecule has 0 aromatic heterocycles. The summed E-state index contributed by atoms with van der Waals surface area (Å²) in [6.45, 7) is 2.87. The van der Waals surface area contributed by atoms with Gasteiger partial charge in [0.15, 0.2) is 0 Å². The van der Waals surface area contributed by atoms with Crippen LogP contribution in [0.25, 0.3) is 0 Å². The van der Waals surface area contributed by atoms with Gasteiger partial charge in [-0.15, -0.1) is 0 Å². The SMILES string of the molecule is CCN1CC(O)[C@@H](O)[C@H](O)[C@@]12CC2O. The number of rotatable bonds is 1. The molecule has 1 saturated heterocycles. The van der Waals surface area contributed by atoms with Crippen molar-refractivity contribution in [3.63, 3.8) is 0 Å². The van der Waals surface area contributed by atoms with Crippen LogP contribution in [0.5, 0.6) is 0 Å². The number of hydrogen-bond acceptors (Lipinski definition) is 5. The van der Waals surface area contributed by atoms with Crippen molar-refractivity contribution in [1.29, 1.82) is 0 Å². The van der Waals surface area contributed by atoms with Crippen molar-refractivity contribution in [2.75, 3.05) is 13.1 Å². The van der Waals surface area contributed by atoms with E-state index in [1.165, 1.54) is 0 Å². The van der Waals surface area contributed by atoms with Gasteiger partial charge in [-0.3, -0.25) is 4.90 Å². The number of aliphatic hydroxyl groups excluding tert-OH is 4. The largest absolute Gasteiger partial charge is 0.391 e. The zero-order valence-electron chi connectivity index (χ0n) is 8.17. The summed E-state index contributed by atoms with van der Waals surface area (Å²) in [5.74, 6) is 0. The lowest BCUT2D eigenvalue weighted by atomic mass is 9.91. The lowest BCUT2D eigenvalue weighted by Gasteiger charge is -2.44. The molecule has 1 spiro atoms. The van der Waals surface area contributed by atoms with Crippen molar-refractivity contribution in [3.05, 3.63) is 0 Å². The molecule has 0 amide bonds. The molecule has 1 aliphatic heterocycles. The van der Waals surface area contributed by atoms with Crippen molar-refractivity contribution in [2.45, 2.75) is 43.3 Å². The molecule has 5 heteroatoms. The number of likely N-dealkylation sites (N-methyl/N-ethyl adjacent to an activating group) is 1. The average molecular weight is 203 g/mol. The number of likely N-dealkylation sites (tertiary alicyclic amines) is 1. The normalized spacial score (nSPS) is 53.8. The maximum absolute atomic E-state index is 9.80. The van der Waals surface area contributed by atoms with Gasteiger partial charge in [0.05, 0.1) is 17.7 Å². The number of nitrogens with zero attached hydrogens (tertiary/aromatic N) is 1. The third-order valence-electron chi connectivity index (χ3n) is 3.55. The lowest BCUT2D eigenvalue weighted by Crippen LogP contribution is -2.64. The van der Waals surface area contributed by atoms with Crippen LogP contribution in [0, 0.1) is 0 Å². The Balaban J connectivity index is 2.21. The average Bonchev–Trinajstić information content (AvgIpc) is 2.82. The molecule has 1 aliphatic carbocycles. The van der Waals surface area contributed by atoms with E-state index in [0.717, 1.165) is 0 Å². The van der Waals surface area contributed by atoms with E-state index < -0.39 is 30.0 Å². The Morgan fingerprint density at radius 3 is 2.29 bits per heavy atom. The quantitative estimate of drug-likeness (QED) is 0.393. The number of β-amino-alcohol motifs (C(OH)–C–C–N with tert-alkyl or cyclic N) is 1. The van der Waals surface area contributed by atoms with E-state index >= 15 is 0 Å². The van der Waals surface area contributed by atoms with Crippen molar-refractivity contribution in [1.82, 2.24) is 4.90 Å². The molecule has 0 bridgehead atoms. The molecule has 4 N–H and O–H groups in total. The highest BCUT2D eigenvalue weighted by molar-refractivity contribution is 5.21. The Bertz CT molecular complexity index is 233. The molecule has 2 rings (SSSR count). The summed E-state index contributed by atoms with van der Waals surface area (Å²) >= 11 is 0. The molecular weight excluding hydrogens is 186 g/mol. The summed E-state index contributed by atoms with van der Waals surface area (Å²) < 4.78 is 0. The van der Waals surface area contributed by atoms with Crippen LogP contribution >= 0.6 is 0 Å². The van der Waals surface area contributed by atoms with Crippen molar-refractivity contribution >= 4 is 0 Å². The Morgan fingerprint density at radius 2 is 1.86 bits per heavy atom. The van der Waals surface area contributed by atoms with Crippen LogP contribution in [0.2, 0.25) is 0 Å². The second kappa shape index (κ2) is 3.15. The van der Waals surface area contributed by atoms with Gasteiger partial charge in [-0.25, -0.2) is 0 Å². The zero-order valence-corrected chi connectivity index (χ0v) is 8.17. The van der Waals surface area contributed by atoms with Crippen LogP contribution < -0.4 is 0 Å². The van der Waals surface area contributed by atoms with Gasteiger partial charge in [0, 0.05) is 6.54 Å². The monoisotopic (exact) mass is 203 g/mol. The molecule has 0 radical (unpaired) electrons. The van der Waals surface area contributed by atoms with E-state index in [0.29, 0.717) is 19.5 Å². The number of aliphatic hydroxyl groups is 4. The molecule has 2 unspecified atom stereocenters. The molecule has 1 saturated carbocycles. The molecule has 5 nitrogen and oxygen atoms in total. The highest BCUT2D eigenvalue weighted by atomic mass is 16.4. The predicted molar refractivity (Wildman–Crippen MR) is 48.6 cm³/mol. The van der Waals surface area contributed by atoms with E-state index in [9.17, 15) is 20.4 Å². The van der Waals surface area contributed by atoms with Crippen molar-refractivity contribution in [3.8, 4) is 0 Å². The van der Waals surface area contributed by atoms with Crippen LogP contribution in [0.1, 0.15) is 13.3 Å². The summed E-state index contributed by atoms with van der Waals surface area (Å²) in [5.41, 5.74) is -0.701. The zero-order chi connectivity index (χ0) is 10.5. The molecule has 0 aromatic carbocycles. The molecule has 1 heterocycles. The van der Waals surface area contributed by atoms with E-state index in [4.69, 9.17) is 0 Å². The van der Waals surface area contributed by atoms with Gasteiger partial charge in [0.25, 0.3) is 0 Å². The van der Waals surface area contributed by atoms with Gasteiger partial charge >= 0.3 is 0 Å². The fourth-order valence-electron chi connectivity index (χ4n) is 2.53. The van der Waals surface area contributed by atoms with Crippen LogP contribution in [-0.4, -0.2) is 68.4 Å². The second-order valence-electron chi connectivity index (χ2n) is 4.25. The van der Waals surface area contributed by atoms with Crippen LogP contribution in [0.3, 0.4) is 0 Å². The third-order valence-corrected chi connectivity index (χ3v) is 3.55. The van der Waals surface area contributed by atoms with Gasteiger partial charge in [-0.05, 0) is 13.0 Å². The minimum absolute atomic E-state index is 0.311.